The van der Waals surface area contributed by atoms with E-state index >= 15 is 0 Å². The summed E-state index contributed by atoms with van der Waals surface area (Å²) < 4.78 is 22.1. The third-order valence-corrected chi connectivity index (χ3v) is 5.85. The van der Waals surface area contributed by atoms with Crippen LogP contribution in [0.2, 0.25) is 0 Å². The fourth-order valence-corrected chi connectivity index (χ4v) is 4.05. The van der Waals surface area contributed by atoms with Crippen molar-refractivity contribution < 1.29 is 13.9 Å². The molecule has 7 heteroatoms. The molecular weight excluding hydrogens is 419 g/mol. The summed E-state index contributed by atoms with van der Waals surface area (Å²) in [6.07, 6.45) is 7.85. The number of pyridine rings is 2. The predicted octanol–water partition coefficient (Wildman–Crippen LogP) is 5.10. The molecule has 0 saturated carbocycles. The maximum absolute atomic E-state index is 14.6. The highest BCUT2D eigenvalue weighted by Gasteiger charge is 2.23. The van der Waals surface area contributed by atoms with Gasteiger partial charge in [-0.05, 0) is 61.9 Å². The summed E-state index contributed by atoms with van der Waals surface area (Å²) in [5.74, 6) is -0.550. The Hall–Kier alpha value is -3.84. The first kappa shape index (κ1) is 21.0. The van der Waals surface area contributed by atoms with Gasteiger partial charge in [-0.25, -0.2) is 9.37 Å². The van der Waals surface area contributed by atoms with E-state index in [1.165, 1.54) is 6.07 Å². The van der Waals surface area contributed by atoms with Crippen LogP contribution in [0.5, 0.6) is 0 Å². The van der Waals surface area contributed by atoms with Gasteiger partial charge in [0.1, 0.15) is 11.5 Å². The van der Waals surface area contributed by atoms with Gasteiger partial charge < -0.3 is 14.5 Å². The van der Waals surface area contributed by atoms with Gasteiger partial charge in [-0.1, -0.05) is 12.1 Å². The first-order valence-corrected chi connectivity index (χ1v) is 10.8. The van der Waals surface area contributed by atoms with E-state index in [2.05, 4.69) is 10.3 Å². The molecule has 0 aliphatic carbocycles. The highest BCUT2D eigenvalue weighted by molar-refractivity contribution is 6.04. The van der Waals surface area contributed by atoms with Crippen molar-refractivity contribution in [3.05, 3.63) is 95.0 Å². The number of carbonyl (C=O) groups is 1. The minimum Gasteiger partial charge on any atom is -0.381 e. The van der Waals surface area contributed by atoms with Crippen molar-refractivity contribution in [3.63, 3.8) is 0 Å². The molecule has 1 unspecified atom stereocenters. The molecule has 4 aromatic rings. The van der Waals surface area contributed by atoms with Gasteiger partial charge in [-0.15, -0.1) is 0 Å². The lowest BCUT2D eigenvalue weighted by Gasteiger charge is -2.08. The van der Waals surface area contributed by atoms with Crippen LogP contribution >= 0.6 is 0 Å². The lowest BCUT2D eigenvalue weighted by atomic mass is 10.0. The topological polar surface area (TPSA) is 68.5 Å². The van der Waals surface area contributed by atoms with Gasteiger partial charge in [0.2, 0.25) is 0 Å². The first-order valence-electron chi connectivity index (χ1n) is 10.8. The Kier molecular flexibility index (Phi) is 5.71. The number of imidazole rings is 1. The van der Waals surface area contributed by atoms with Crippen LogP contribution in [0.15, 0.2) is 60.9 Å². The molecule has 33 heavy (non-hydrogen) atoms. The average molecular weight is 442 g/mol. The standard InChI is InChI=1S/C26H23FN4O2/c1-17-25(20-11-13-33-16-20)30-24-10-9-22(15-31(17)24)29-26(32)19-6-5-18(23(27)14-19)7-8-21-4-2-3-12-28-21/h2-10,12,14-15,20H,11,13,16H2,1H3,(H,29,32)/b8-7+. The molecule has 166 valence electrons. The van der Waals surface area contributed by atoms with Crippen molar-refractivity contribution in [2.75, 3.05) is 18.5 Å². The number of fused-ring (bicyclic) bond motifs is 1. The highest BCUT2D eigenvalue weighted by Crippen LogP contribution is 2.28. The number of nitrogens with one attached hydrogen (secondary N) is 1. The Morgan fingerprint density at radius 2 is 2.12 bits per heavy atom. The molecule has 1 aliphatic rings. The van der Waals surface area contributed by atoms with Crippen LogP contribution < -0.4 is 5.32 Å². The molecule has 3 aromatic heterocycles. The SMILES string of the molecule is Cc1c(C2CCOC2)nc2ccc(NC(=O)c3ccc(/C=C/c4ccccn4)c(F)c3)cn12. The number of anilines is 1. The fourth-order valence-electron chi connectivity index (χ4n) is 4.05. The Balaban J connectivity index is 1.33. The quantitative estimate of drug-likeness (QED) is 0.467. The van der Waals surface area contributed by atoms with Crippen LogP contribution in [0, 0.1) is 12.7 Å². The molecule has 1 saturated heterocycles. The number of benzene rings is 1. The van der Waals surface area contributed by atoms with Crippen LogP contribution in [0.1, 0.15) is 45.3 Å². The monoisotopic (exact) mass is 442 g/mol. The van der Waals surface area contributed by atoms with Gasteiger partial charge >= 0.3 is 0 Å². The number of aryl methyl sites for hydroxylation is 1. The number of ether oxygens (including phenoxy) is 1. The third kappa shape index (κ3) is 4.40. The minimum absolute atomic E-state index is 0.244. The molecule has 1 aliphatic heterocycles. The van der Waals surface area contributed by atoms with E-state index in [0.29, 0.717) is 23.8 Å². The summed E-state index contributed by atoms with van der Waals surface area (Å²) >= 11 is 0. The van der Waals surface area contributed by atoms with Crippen molar-refractivity contribution in [2.24, 2.45) is 0 Å². The molecule has 1 amide bonds. The molecular formula is C26H23FN4O2. The van der Waals surface area contributed by atoms with E-state index in [1.54, 1.807) is 36.5 Å². The molecule has 0 bridgehead atoms. The minimum atomic E-state index is -0.473. The second-order valence-corrected chi connectivity index (χ2v) is 8.07. The zero-order valence-electron chi connectivity index (χ0n) is 18.2. The van der Waals surface area contributed by atoms with Crippen molar-refractivity contribution in [3.8, 4) is 0 Å². The molecule has 1 aromatic carbocycles. The first-order chi connectivity index (χ1) is 16.1. The molecule has 4 heterocycles. The smallest absolute Gasteiger partial charge is 0.255 e. The van der Waals surface area contributed by atoms with Gasteiger partial charge in [-0.2, -0.15) is 0 Å². The molecule has 5 rings (SSSR count). The number of nitrogens with zero attached hydrogens (tertiary/aromatic N) is 3. The fraction of sp³-hybridized carbons (Fsp3) is 0.192. The van der Waals surface area contributed by atoms with Crippen LogP contribution in [0.4, 0.5) is 10.1 Å². The molecule has 0 spiro atoms. The van der Waals surface area contributed by atoms with E-state index in [4.69, 9.17) is 9.72 Å². The average Bonchev–Trinajstić information content (AvgIpc) is 3.47. The lowest BCUT2D eigenvalue weighted by Crippen LogP contribution is -2.12. The number of carbonyl (C=O) groups excluding carboxylic acids is 1. The third-order valence-electron chi connectivity index (χ3n) is 5.85. The van der Waals surface area contributed by atoms with Crippen LogP contribution in [0.25, 0.3) is 17.8 Å². The largest absolute Gasteiger partial charge is 0.381 e. The molecule has 1 N–H and O–H groups in total. The Labute approximate surface area is 190 Å². The number of rotatable bonds is 5. The number of aromatic nitrogens is 3. The van der Waals surface area contributed by atoms with E-state index < -0.39 is 5.82 Å². The summed E-state index contributed by atoms with van der Waals surface area (Å²) in [5.41, 5.74) is 4.86. The van der Waals surface area contributed by atoms with Crippen molar-refractivity contribution in [1.29, 1.82) is 0 Å². The number of halogens is 1. The zero-order chi connectivity index (χ0) is 22.8. The van der Waals surface area contributed by atoms with Gasteiger partial charge in [0.05, 0.1) is 23.7 Å². The number of hydrogen-bond donors (Lipinski definition) is 1. The normalized spacial score (nSPS) is 16.0. The van der Waals surface area contributed by atoms with Crippen molar-refractivity contribution in [2.45, 2.75) is 19.3 Å². The Morgan fingerprint density at radius 1 is 1.21 bits per heavy atom. The van der Waals surface area contributed by atoms with Crippen LogP contribution in [0.3, 0.4) is 0 Å². The van der Waals surface area contributed by atoms with Crippen molar-refractivity contribution in [1.82, 2.24) is 14.4 Å². The molecule has 0 radical (unpaired) electrons. The second-order valence-electron chi connectivity index (χ2n) is 8.07. The van der Waals surface area contributed by atoms with Gasteiger partial charge in [0.15, 0.2) is 0 Å². The highest BCUT2D eigenvalue weighted by atomic mass is 19.1. The van der Waals surface area contributed by atoms with E-state index in [0.717, 1.165) is 35.8 Å². The maximum Gasteiger partial charge on any atom is 0.255 e. The maximum atomic E-state index is 14.6. The van der Waals surface area contributed by atoms with E-state index in [-0.39, 0.29) is 11.5 Å². The molecule has 1 fully saturated rings. The van der Waals surface area contributed by atoms with Gasteiger partial charge in [0.25, 0.3) is 5.91 Å². The Bertz CT molecular complexity index is 1340. The van der Waals surface area contributed by atoms with E-state index in [9.17, 15) is 9.18 Å². The van der Waals surface area contributed by atoms with Gasteiger partial charge in [-0.3, -0.25) is 9.78 Å². The number of hydrogen-bond acceptors (Lipinski definition) is 4. The summed E-state index contributed by atoms with van der Waals surface area (Å²) in [5, 5.41) is 2.85. The second kappa shape index (κ2) is 8.96. The molecule has 6 nitrogen and oxygen atoms in total. The summed E-state index contributed by atoms with van der Waals surface area (Å²) in [7, 11) is 0. The number of amides is 1. The van der Waals surface area contributed by atoms with Crippen LogP contribution in [-0.2, 0) is 4.74 Å². The van der Waals surface area contributed by atoms with Crippen LogP contribution in [-0.4, -0.2) is 33.5 Å². The van der Waals surface area contributed by atoms with E-state index in [1.807, 2.05) is 41.8 Å². The van der Waals surface area contributed by atoms with Crippen molar-refractivity contribution >= 4 is 29.4 Å². The summed E-state index contributed by atoms with van der Waals surface area (Å²) in [6, 6.07) is 13.6. The summed E-state index contributed by atoms with van der Waals surface area (Å²) in [4.78, 5) is 21.7. The summed E-state index contributed by atoms with van der Waals surface area (Å²) in [6.45, 7) is 3.46. The van der Waals surface area contributed by atoms with Gasteiger partial charge in [0, 0.05) is 41.7 Å². The predicted molar refractivity (Wildman–Crippen MR) is 126 cm³/mol. The molecule has 1 atom stereocenters. The zero-order valence-corrected chi connectivity index (χ0v) is 18.2. The lowest BCUT2D eigenvalue weighted by molar-refractivity contribution is 0.102. The Morgan fingerprint density at radius 3 is 2.88 bits per heavy atom.